The summed E-state index contributed by atoms with van der Waals surface area (Å²) in [7, 11) is -3.68. The number of hydrogen-bond donors (Lipinski definition) is 1. The fourth-order valence-corrected chi connectivity index (χ4v) is 7.58. The Bertz CT molecular complexity index is 1310. The molecule has 2 aromatic carbocycles. The molecule has 3 heterocycles. The standard InChI is InChI=1S/C22H19N3O3S3/c26-21(18-10-5-13-25(18)31(27,28)20-12-6-14-29-20)23-16-8-2-1-7-15(16)22-24-17-9-3-4-11-19(17)30-22/h1-4,6-9,11-12,14,18H,5,10,13H2,(H,23,26)/t18-/m0/s1. The lowest BCUT2D eigenvalue weighted by atomic mass is 10.1. The Morgan fingerprint density at radius 1 is 1.06 bits per heavy atom. The molecule has 0 saturated carbocycles. The van der Waals surface area contributed by atoms with Crippen molar-refractivity contribution in [3.8, 4) is 10.6 Å². The van der Waals surface area contributed by atoms with E-state index in [0.29, 0.717) is 25.1 Å². The van der Waals surface area contributed by atoms with Crippen LogP contribution in [-0.2, 0) is 14.8 Å². The number of para-hydroxylation sites is 2. The van der Waals surface area contributed by atoms with Gasteiger partial charge in [0.05, 0.1) is 15.9 Å². The zero-order chi connectivity index (χ0) is 21.4. The zero-order valence-corrected chi connectivity index (χ0v) is 18.8. The molecule has 31 heavy (non-hydrogen) atoms. The maximum atomic E-state index is 13.2. The van der Waals surface area contributed by atoms with E-state index in [2.05, 4.69) is 5.32 Å². The molecule has 0 radical (unpaired) electrons. The number of thiophene rings is 1. The quantitative estimate of drug-likeness (QED) is 0.455. The molecule has 2 aromatic heterocycles. The van der Waals surface area contributed by atoms with Crippen LogP contribution in [0.25, 0.3) is 20.8 Å². The van der Waals surface area contributed by atoms with Crippen molar-refractivity contribution >= 4 is 54.5 Å². The number of sulfonamides is 1. The SMILES string of the molecule is O=C(Nc1ccccc1-c1nc2ccccc2s1)[C@@H]1CCCN1S(=O)(=O)c1cccs1. The van der Waals surface area contributed by atoms with E-state index in [1.165, 1.54) is 15.6 Å². The van der Waals surface area contributed by atoms with Crippen LogP contribution in [0.5, 0.6) is 0 Å². The third kappa shape index (κ3) is 3.78. The number of carbonyl (C=O) groups excluding carboxylic acids is 1. The molecular formula is C22H19N3O3S3. The Morgan fingerprint density at radius 3 is 2.68 bits per heavy atom. The smallest absolute Gasteiger partial charge is 0.253 e. The summed E-state index contributed by atoms with van der Waals surface area (Å²) in [4.78, 5) is 17.9. The lowest BCUT2D eigenvalue weighted by molar-refractivity contribution is -0.119. The molecule has 5 rings (SSSR count). The molecule has 158 valence electrons. The van der Waals surface area contributed by atoms with E-state index in [0.717, 1.165) is 20.8 Å². The number of nitrogens with one attached hydrogen (secondary N) is 1. The molecule has 0 aliphatic carbocycles. The molecule has 1 N–H and O–H groups in total. The Balaban J connectivity index is 1.43. The number of carbonyl (C=O) groups is 1. The third-order valence-corrected chi connectivity index (χ3v) is 9.62. The molecule has 1 aliphatic rings. The van der Waals surface area contributed by atoms with Crippen LogP contribution in [0.4, 0.5) is 5.69 Å². The number of nitrogens with zero attached hydrogens (tertiary/aromatic N) is 2. The highest BCUT2D eigenvalue weighted by atomic mass is 32.2. The van der Waals surface area contributed by atoms with Gasteiger partial charge in [-0.15, -0.1) is 22.7 Å². The first-order valence-corrected chi connectivity index (χ1v) is 13.0. The highest BCUT2D eigenvalue weighted by Gasteiger charge is 2.40. The summed E-state index contributed by atoms with van der Waals surface area (Å²) in [5, 5.41) is 5.51. The van der Waals surface area contributed by atoms with Crippen LogP contribution >= 0.6 is 22.7 Å². The number of aromatic nitrogens is 1. The highest BCUT2D eigenvalue weighted by molar-refractivity contribution is 7.91. The number of amides is 1. The minimum absolute atomic E-state index is 0.266. The molecular weight excluding hydrogens is 450 g/mol. The van der Waals surface area contributed by atoms with Crippen LogP contribution in [0.15, 0.2) is 70.3 Å². The first kappa shape index (κ1) is 20.3. The predicted molar refractivity (Wildman–Crippen MR) is 125 cm³/mol. The van der Waals surface area contributed by atoms with Gasteiger partial charge in [0.1, 0.15) is 15.3 Å². The van der Waals surface area contributed by atoms with Crippen molar-refractivity contribution in [3.63, 3.8) is 0 Å². The summed E-state index contributed by atoms with van der Waals surface area (Å²) in [6.45, 7) is 0.345. The van der Waals surface area contributed by atoms with Crippen molar-refractivity contribution in [2.24, 2.45) is 0 Å². The van der Waals surface area contributed by atoms with E-state index in [9.17, 15) is 13.2 Å². The number of thiazole rings is 1. The highest BCUT2D eigenvalue weighted by Crippen LogP contribution is 2.35. The van der Waals surface area contributed by atoms with Gasteiger partial charge < -0.3 is 5.32 Å². The molecule has 0 spiro atoms. The lowest BCUT2D eigenvalue weighted by Crippen LogP contribution is -2.42. The summed E-state index contributed by atoms with van der Waals surface area (Å²) in [5.74, 6) is -0.314. The fourth-order valence-electron chi connectivity index (χ4n) is 3.80. The van der Waals surface area contributed by atoms with Crippen LogP contribution < -0.4 is 5.32 Å². The topological polar surface area (TPSA) is 79.4 Å². The number of anilines is 1. The van der Waals surface area contributed by atoms with Gasteiger partial charge in [-0.3, -0.25) is 4.79 Å². The Morgan fingerprint density at radius 2 is 1.87 bits per heavy atom. The number of rotatable bonds is 5. The Hall–Kier alpha value is -2.59. The number of fused-ring (bicyclic) bond motifs is 1. The van der Waals surface area contributed by atoms with Gasteiger partial charge >= 0.3 is 0 Å². The maximum Gasteiger partial charge on any atom is 0.253 e. The third-order valence-electron chi connectivity index (χ3n) is 5.27. The van der Waals surface area contributed by atoms with Crippen molar-refractivity contribution < 1.29 is 13.2 Å². The molecule has 1 atom stereocenters. The van der Waals surface area contributed by atoms with Gasteiger partial charge in [0.2, 0.25) is 5.91 Å². The second-order valence-electron chi connectivity index (χ2n) is 7.23. The Kier molecular flexibility index (Phi) is 5.35. The molecule has 0 bridgehead atoms. The van der Waals surface area contributed by atoms with E-state index < -0.39 is 16.1 Å². The summed E-state index contributed by atoms with van der Waals surface area (Å²) in [5.41, 5.74) is 2.36. The van der Waals surface area contributed by atoms with E-state index >= 15 is 0 Å². The monoisotopic (exact) mass is 469 g/mol. The molecule has 1 fully saturated rings. The summed E-state index contributed by atoms with van der Waals surface area (Å²) in [6, 6.07) is 18.0. The van der Waals surface area contributed by atoms with Crippen molar-refractivity contribution in [1.29, 1.82) is 0 Å². The second kappa shape index (κ2) is 8.16. The largest absolute Gasteiger partial charge is 0.324 e. The maximum absolute atomic E-state index is 13.2. The minimum Gasteiger partial charge on any atom is -0.324 e. The fraction of sp³-hybridized carbons (Fsp3) is 0.182. The van der Waals surface area contributed by atoms with Gasteiger partial charge in [-0.25, -0.2) is 13.4 Å². The molecule has 4 aromatic rings. The molecule has 1 saturated heterocycles. The summed E-state index contributed by atoms with van der Waals surface area (Å²) >= 11 is 2.73. The van der Waals surface area contributed by atoms with Crippen molar-refractivity contribution in [2.45, 2.75) is 23.1 Å². The van der Waals surface area contributed by atoms with Crippen molar-refractivity contribution in [3.05, 3.63) is 66.0 Å². The Labute approximate surface area is 188 Å². The summed E-state index contributed by atoms with van der Waals surface area (Å²) in [6.07, 6.45) is 1.15. The molecule has 9 heteroatoms. The first-order chi connectivity index (χ1) is 15.0. The van der Waals surface area contributed by atoms with Crippen LogP contribution in [-0.4, -0.2) is 36.2 Å². The van der Waals surface area contributed by atoms with Gasteiger partial charge in [0, 0.05) is 12.1 Å². The average Bonchev–Trinajstić information content (AvgIpc) is 3.54. The van der Waals surface area contributed by atoms with Gasteiger partial charge in [-0.2, -0.15) is 4.31 Å². The van der Waals surface area contributed by atoms with Gasteiger partial charge in [0.15, 0.2) is 0 Å². The first-order valence-electron chi connectivity index (χ1n) is 9.85. The predicted octanol–water partition coefficient (Wildman–Crippen LogP) is 4.82. The van der Waals surface area contributed by atoms with Gasteiger partial charge in [-0.1, -0.05) is 30.3 Å². The van der Waals surface area contributed by atoms with Crippen LogP contribution in [0, 0.1) is 0 Å². The molecule has 6 nitrogen and oxygen atoms in total. The van der Waals surface area contributed by atoms with Gasteiger partial charge in [-0.05, 0) is 48.6 Å². The molecule has 1 aliphatic heterocycles. The van der Waals surface area contributed by atoms with E-state index in [1.807, 2.05) is 48.5 Å². The minimum atomic E-state index is -3.68. The second-order valence-corrected chi connectivity index (χ2v) is 11.3. The zero-order valence-electron chi connectivity index (χ0n) is 16.4. The van der Waals surface area contributed by atoms with Crippen LogP contribution in [0.1, 0.15) is 12.8 Å². The van der Waals surface area contributed by atoms with E-state index in [-0.39, 0.29) is 10.1 Å². The summed E-state index contributed by atoms with van der Waals surface area (Å²) < 4.78 is 28.7. The van der Waals surface area contributed by atoms with Gasteiger partial charge in [0.25, 0.3) is 10.0 Å². The number of benzene rings is 2. The molecule has 0 unspecified atom stereocenters. The average molecular weight is 470 g/mol. The number of hydrogen-bond acceptors (Lipinski definition) is 6. The van der Waals surface area contributed by atoms with Crippen LogP contribution in [0.3, 0.4) is 0 Å². The van der Waals surface area contributed by atoms with Crippen molar-refractivity contribution in [2.75, 3.05) is 11.9 Å². The lowest BCUT2D eigenvalue weighted by Gasteiger charge is -2.23. The van der Waals surface area contributed by atoms with Crippen LogP contribution in [0.2, 0.25) is 0 Å². The normalized spacial score (nSPS) is 17.2. The van der Waals surface area contributed by atoms with Crippen molar-refractivity contribution in [1.82, 2.24) is 9.29 Å². The van der Waals surface area contributed by atoms with E-state index in [1.54, 1.807) is 28.8 Å². The molecule has 1 amide bonds. The van der Waals surface area contributed by atoms with E-state index in [4.69, 9.17) is 4.98 Å².